The van der Waals surface area contributed by atoms with Gasteiger partial charge in [-0.15, -0.1) is 0 Å². The Hall–Kier alpha value is -2.07. The number of amides is 1. The van der Waals surface area contributed by atoms with E-state index in [1.807, 2.05) is 13.0 Å². The van der Waals surface area contributed by atoms with E-state index in [1.54, 1.807) is 31.2 Å². The van der Waals surface area contributed by atoms with Gasteiger partial charge in [0.2, 0.25) is 0 Å². The first kappa shape index (κ1) is 16.3. The third-order valence-electron chi connectivity index (χ3n) is 3.23. The molecule has 0 bridgehead atoms. The second-order valence-corrected chi connectivity index (χ2v) is 5.33. The number of hydrogen-bond acceptors (Lipinski definition) is 2. The minimum absolute atomic E-state index is 0.0623. The maximum Gasteiger partial charge on any atom is 0.265 e. The summed E-state index contributed by atoms with van der Waals surface area (Å²) in [5, 5.41) is 3.30. The van der Waals surface area contributed by atoms with Crippen LogP contribution in [0, 0.1) is 12.7 Å². The summed E-state index contributed by atoms with van der Waals surface area (Å²) in [4.78, 5) is 12.3. The molecule has 2 aromatic rings. The van der Waals surface area contributed by atoms with Crippen molar-refractivity contribution in [2.24, 2.45) is 0 Å². The van der Waals surface area contributed by atoms with E-state index in [-0.39, 0.29) is 11.7 Å². The van der Waals surface area contributed by atoms with Crippen LogP contribution >= 0.6 is 11.6 Å². The average molecular weight is 322 g/mol. The fraction of sp³-hybridized carbons (Fsp3) is 0.235. The standard InChI is InChI=1S/C17H17ClFNO2/c1-3-15(22-16-7-5-4-6-13(16)19)17(21)20-14-10-12(18)9-8-11(14)2/h4-10,15H,3H2,1-2H3,(H,20,21). The highest BCUT2D eigenvalue weighted by atomic mass is 35.5. The van der Waals surface area contributed by atoms with Crippen LogP contribution in [0.1, 0.15) is 18.9 Å². The first-order valence-electron chi connectivity index (χ1n) is 6.99. The normalized spacial score (nSPS) is 11.8. The lowest BCUT2D eigenvalue weighted by molar-refractivity contribution is -0.122. The molecule has 0 aromatic heterocycles. The number of para-hydroxylation sites is 1. The van der Waals surface area contributed by atoms with Crippen LogP contribution in [0.2, 0.25) is 5.02 Å². The van der Waals surface area contributed by atoms with Crippen LogP contribution in [0.25, 0.3) is 0 Å². The van der Waals surface area contributed by atoms with Gasteiger partial charge in [0, 0.05) is 10.7 Å². The van der Waals surface area contributed by atoms with Crippen molar-refractivity contribution in [1.29, 1.82) is 0 Å². The second-order valence-electron chi connectivity index (χ2n) is 4.89. The van der Waals surface area contributed by atoms with Gasteiger partial charge in [-0.25, -0.2) is 4.39 Å². The summed E-state index contributed by atoms with van der Waals surface area (Å²) >= 11 is 5.93. The molecule has 0 aliphatic heterocycles. The number of carbonyl (C=O) groups is 1. The maximum atomic E-state index is 13.6. The van der Waals surface area contributed by atoms with Gasteiger partial charge in [0.1, 0.15) is 0 Å². The number of anilines is 1. The number of hydrogen-bond donors (Lipinski definition) is 1. The lowest BCUT2D eigenvalue weighted by Gasteiger charge is -2.18. The van der Waals surface area contributed by atoms with Gasteiger partial charge in [0.05, 0.1) is 0 Å². The third-order valence-corrected chi connectivity index (χ3v) is 3.46. The van der Waals surface area contributed by atoms with Crippen molar-refractivity contribution in [2.45, 2.75) is 26.4 Å². The summed E-state index contributed by atoms with van der Waals surface area (Å²) in [6.45, 7) is 3.67. The SMILES string of the molecule is CCC(Oc1ccccc1F)C(=O)Nc1cc(Cl)ccc1C. The Labute approximate surface area is 134 Å². The minimum atomic E-state index is -0.782. The summed E-state index contributed by atoms with van der Waals surface area (Å²) in [6, 6.07) is 11.3. The molecule has 0 aliphatic carbocycles. The highest BCUT2D eigenvalue weighted by Gasteiger charge is 2.20. The van der Waals surface area contributed by atoms with Gasteiger partial charge < -0.3 is 10.1 Å². The Bertz CT molecular complexity index is 675. The zero-order valence-corrected chi connectivity index (χ0v) is 13.2. The van der Waals surface area contributed by atoms with E-state index < -0.39 is 11.9 Å². The van der Waals surface area contributed by atoms with Crippen LogP contribution in [-0.2, 0) is 4.79 Å². The van der Waals surface area contributed by atoms with Crippen molar-refractivity contribution < 1.29 is 13.9 Å². The van der Waals surface area contributed by atoms with Gasteiger partial charge >= 0.3 is 0 Å². The first-order chi connectivity index (χ1) is 10.5. The number of nitrogens with one attached hydrogen (secondary N) is 1. The fourth-order valence-corrected chi connectivity index (χ4v) is 2.13. The molecule has 3 nitrogen and oxygen atoms in total. The Morgan fingerprint density at radius 1 is 1.32 bits per heavy atom. The molecule has 1 N–H and O–H groups in total. The molecule has 0 saturated carbocycles. The van der Waals surface area contributed by atoms with Gasteiger partial charge in [-0.1, -0.05) is 36.7 Å². The molecule has 1 amide bonds. The Kier molecular flexibility index (Phi) is 5.39. The number of aryl methyl sites for hydroxylation is 1. The summed E-state index contributed by atoms with van der Waals surface area (Å²) in [7, 11) is 0. The second kappa shape index (κ2) is 7.27. The van der Waals surface area contributed by atoms with Crippen molar-refractivity contribution in [3.05, 3.63) is 58.9 Å². The zero-order valence-electron chi connectivity index (χ0n) is 12.4. The summed E-state index contributed by atoms with van der Waals surface area (Å²) in [6.07, 6.45) is -0.366. The van der Waals surface area contributed by atoms with Crippen molar-refractivity contribution in [2.75, 3.05) is 5.32 Å². The van der Waals surface area contributed by atoms with Crippen molar-refractivity contribution >= 4 is 23.2 Å². The molecule has 1 unspecified atom stereocenters. The molecule has 1 atom stereocenters. The number of benzene rings is 2. The highest BCUT2D eigenvalue weighted by Crippen LogP contribution is 2.22. The molecule has 0 fully saturated rings. The summed E-state index contributed by atoms with van der Waals surface area (Å²) in [5.74, 6) is -0.767. The van der Waals surface area contributed by atoms with Gasteiger partial charge in [-0.05, 0) is 43.2 Å². The molecule has 0 spiro atoms. The lowest BCUT2D eigenvalue weighted by atomic mass is 10.2. The van der Waals surface area contributed by atoms with Crippen molar-refractivity contribution in [3.63, 3.8) is 0 Å². The van der Waals surface area contributed by atoms with E-state index in [4.69, 9.17) is 16.3 Å². The predicted octanol–water partition coefficient (Wildman–Crippen LogP) is 4.58. The van der Waals surface area contributed by atoms with Crippen molar-refractivity contribution in [3.8, 4) is 5.75 Å². The van der Waals surface area contributed by atoms with Gasteiger partial charge in [-0.2, -0.15) is 0 Å². The predicted molar refractivity (Wildman–Crippen MR) is 85.9 cm³/mol. The van der Waals surface area contributed by atoms with Crippen LogP contribution in [-0.4, -0.2) is 12.0 Å². The molecule has 2 aromatic carbocycles. The molecule has 0 aliphatic rings. The van der Waals surface area contributed by atoms with Crippen LogP contribution < -0.4 is 10.1 Å². The first-order valence-corrected chi connectivity index (χ1v) is 7.37. The summed E-state index contributed by atoms with van der Waals surface area (Å²) in [5.41, 5.74) is 1.51. The molecule has 116 valence electrons. The topological polar surface area (TPSA) is 38.3 Å². The maximum absolute atomic E-state index is 13.6. The van der Waals surface area contributed by atoms with Gasteiger partial charge in [-0.3, -0.25) is 4.79 Å². The number of halogens is 2. The minimum Gasteiger partial charge on any atom is -0.478 e. The molecule has 0 radical (unpaired) electrons. The fourth-order valence-electron chi connectivity index (χ4n) is 1.96. The van der Waals surface area contributed by atoms with Crippen molar-refractivity contribution in [1.82, 2.24) is 0 Å². The third kappa shape index (κ3) is 3.98. The largest absolute Gasteiger partial charge is 0.478 e. The number of rotatable bonds is 5. The Morgan fingerprint density at radius 3 is 2.73 bits per heavy atom. The van der Waals surface area contributed by atoms with Gasteiger partial charge in [0.15, 0.2) is 17.7 Å². The van der Waals surface area contributed by atoms with Crippen LogP contribution in [0.5, 0.6) is 5.75 Å². The van der Waals surface area contributed by atoms with E-state index >= 15 is 0 Å². The van der Waals surface area contributed by atoms with Crippen LogP contribution in [0.4, 0.5) is 10.1 Å². The zero-order chi connectivity index (χ0) is 16.1. The molecule has 0 heterocycles. The Morgan fingerprint density at radius 2 is 2.05 bits per heavy atom. The van der Waals surface area contributed by atoms with E-state index in [2.05, 4.69) is 5.32 Å². The van der Waals surface area contributed by atoms with Crippen LogP contribution in [0.3, 0.4) is 0 Å². The number of carbonyl (C=O) groups excluding carboxylic acids is 1. The van der Waals surface area contributed by atoms with Gasteiger partial charge in [0.25, 0.3) is 5.91 Å². The molecular weight excluding hydrogens is 305 g/mol. The molecule has 22 heavy (non-hydrogen) atoms. The average Bonchev–Trinajstić information content (AvgIpc) is 2.50. The van der Waals surface area contributed by atoms with E-state index in [9.17, 15) is 9.18 Å². The number of ether oxygens (including phenoxy) is 1. The summed E-state index contributed by atoms with van der Waals surface area (Å²) < 4.78 is 19.1. The lowest BCUT2D eigenvalue weighted by Crippen LogP contribution is -2.32. The monoisotopic (exact) mass is 321 g/mol. The molecule has 2 rings (SSSR count). The molecular formula is C17H17ClFNO2. The van der Waals surface area contributed by atoms with E-state index in [0.29, 0.717) is 17.1 Å². The molecule has 5 heteroatoms. The van der Waals surface area contributed by atoms with E-state index in [0.717, 1.165) is 5.56 Å². The quantitative estimate of drug-likeness (QED) is 0.875. The van der Waals surface area contributed by atoms with Crippen LogP contribution in [0.15, 0.2) is 42.5 Å². The smallest absolute Gasteiger partial charge is 0.265 e. The van der Waals surface area contributed by atoms with E-state index in [1.165, 1.54) is 12.1 Å². The molecule has 0 saturated heterocycles. The highest BCUT2D eigenvalue weighted by molar-refractivity contribution is 6.31. The Balaban J connectivity index is 2.12.